The number of nitrogens with zero attached hydrogens (tertiary/aromatic N) is 5. The highest BCUT2D eigenvalue weighted by Gasteiger charge is 2.44. The van der Waals surface area contributed by atoms with Crippen LogP contribution in [0, 0.1) is 17.0 Å². The number of carbonyl (C=O) groups excluding carboxylic acids is 1. The zero-order chi connectivity index (χ0) is 22.3. The Morgan fingerprint density at radius 1 is 1.30 bits per heavy atom. The van der Waals surface area contributed by atoms with Crippen molar-refractivity contribution in [3.05, 3.63) is 39.0 Å². The first-order valence-corrected chi connectivity index (χ1v) is 10.9. The fraction of sp³-hybridized carbons (Fsp3) is 0.467. The van der Waals surface area contributed by atoms with Gasteiger partial charge in [0.25, 0.3) is 10.0 Å². The van der Waals surface area contributed by atoms with E-state index in [9.17, 15) is 36.5 Å². The maximum atomic E-state index is 13.0. The van der Waals surface area contributed by atoms with Crippen molar-refractivity contribution in [2.24, 2.45) is 0 Å². The summed E-state index contributed by atoms with van der Waals surface area (Å²) in [7, 11) is -3.67. The van der Waals surface area contributed by atoms with Crippen LogP contribution in [0.2, 0.25) is 0 Å². The third-order valence-corrected chi connectivity index (χ3v) is 7.86. The Bertz CT molecular complexity index is 1060. The quantitative estimate of drug-likeness (QED) is 0.488. The standard InChI is InChI=1S/C15H16F3N5O5S2/c1-10-13(23(25)26)14(15(16,17)18)19-22(10)9-11(24)20-4-6-21(7-5-20)30(27,28)12-3-2-8-29-12/h2-3,8H,4-7,9H2,1H3. The van der Waals surface area contributed by atoms with E-state index in [4.69, 9.17) is 0 Å². The van der Waals surface area contributed by atoms with Gasteiger partial charge in [0.05, 0.1) is 4.92 Å². The number of nitro groups is 1. The average molecular weight is 467 g/mol. The van der Waals surface area contributed by atoms with Crippen LogP contribution in [0.5, 0.6) is 0 Å². The smallest absolute Gasteiger partial charge is 0.338 e. The molecule has 0 atom stereocenters. The molecule has 0 radical (unpaired) electrons. The molecule has 2 aromatic heterocycles. The number of sulfonamides is 1. The highest BCUT2D eigenvalue weighted by atomic mass is 32.2. The Kier molecular flexibility index (Phi) is 5.88. The van der Waals surface area contributed by atoms with Gasteiger partial charge in [0, 0.05) is 26.2 Å². The van der Waals surface area contributed by atoms with Gasteiger partial charge in [-0.3, -0.25) is 19.6 Å². The molecular formula is C15H16F3N5O5S2. The minimum Gasteiger partial charge on any atom is -0.338 e. The van der Waals surface area contributed by atoms with E-state index in [0.29, 0.717) is 4.68 Å². The summed E-state index contributed by atoms with van der Waals surface area (Å²) in [6.07, 6.45) is -5.04. The molecule has 0 N–H and O–H groups in total. The number of hydrogen-bond acceptors (Lipinski definition) is 7. The molecule has 1 fully saturated rings. The predicted molar refractivity (Wildman–Crippen MR) is 98.3 cm³/mol. The van der Waals surface area contributed by atoms with Crippen molar-refractivity contribution >= 4 is 33.0 Å². The predicted octanol–water partition coefficient (Wildman–Crippen LogP) is 1.71. The summed E-state index contributed by atoms with van der Waals surface area (Å²) in [5.41, 5.74) is -3.24. The van der Waals surface area contributed by atoms with Crippen molar-refractivity contribution < 1.29 is 31.3 Å². The molecule has 15 heteroatoms. The Morgan fingerprint density at radius 2 is 1.93 bits per heavy atom. The molecule has 3 rings (SSSR count). The van der Waals surface area contributed by atoms with Crippen LogP contribution in [-0.4, -0.2) is 64.4 Å². The van der Waals surface area contributed by atoms with Gasteiger partial charge in [-0.2, -0.15) is 22.6 Å². The van der Waals surface area contributed by atoms with Crippen LogP contribution in [0.15, 0.2) is 21.7 Å². The molecule has 1 aliphatic heterocycles. The fourth-order valence-corrected chi connectivity index (χ4v) is 5.61. The van der Waals surface area contributed by atoms with Crippen molar-refractivity contribution in [3.63, 3.8) is 0 Å². The highest BCUT2D eigenvalue weighted by molar-refractivity contribution is 7.91. The molecular weight excluding hydrogens is 451 g/mol. The number of hydrogen-bond donors (Lipinski definition) is 0. The summed E-state index contributed by atoms with van der Waals surface area (Å²) >= 11 is 1.07. The second kappa shape index (κ2) is 7.96. The first-order chi connectivity index (χ1) is 13.9. The highest BCUT2D eigenvalue weighted by Crippen LogP contribution is 2.37. The van der Waals surface area contributed by atoms with Gasteiger partial charge in [0.15, 0.2) is 0 Å². The SMILES string of the molecule is Cc1c([N+](=O)[O-])c(C(F)(F)F)nn1CC(=O)N1CCN(S(=O)(=O)c2cccs2)CC1. The van der Waals surface area contributed by atoms with Gasteiger partial charge >= 0.3 is 11.9 Å². The van der Waals surface area contributed by atoms with E-state index < -0.39 is 45.0 Å². The summed E-state index contributed by atoms with van der Waals surface area (Å²) in [5.74, 6) is -0.614. The molecule has 0 aromatic carbocycles. The van der Waals surface area contributed by atoms with E-state index in [1.54, 1.807) is 11.4 Å². The minimum atomic E-state index is -5.04. The van der Waals surface area contributed by atoms with E-state index in [2.05, 4.69) is 5.10 Å². The van der Waals surface area contributed by atoms with Crippen LogP contribution < -0.4 is 0 Å². The average Bonchev–Trinajstić information content (AvgIpc) is 3.31. The summed E-state index contributed by atoms with van der Waals surface area (Å²) in [4.78, 5) is 23.6. The number of thiophene rings is 1. The second-order valence-corrected chi connectivity index (χ2v) is 9.52. The van der Waals surface area contributed by atoms with E-state index in [0.717, 1.165) is 18.3 Å². The molecule has 10 nitrogen and oxygen atoms in total. The van der Waals surface area contributed by atoms with Crippen LogP contribution >= 0.6 is 11.3 Å². The first kappa shape index (κ1) is 22.2. The van der Waals surface area contributed by atoms with Gasteiger partial charge in [-0.25, -0.2) is 8.42 Å². The topological polar surface area (TPSA) is 119 Å². The van der Waals surface area contributed by atoms with Crippen LogP contribution in [0.1, 0.15) is 11.4 Å². The molecule has 0 spiro atoms. The lowest BCUT2D eigenvalue weighted by Gasteiger charge is -2.33. The zero-order valence-corrected chi connectivity index (χ0v) is 17.1. The summed E-state index contributed by atoms with van der Waals surface area (Å²) < 4.78 is 66.2. The summed E-state index contributed by atoms with van der Waals surface area (Å²) in [6.45, 7) is 0.589. The normalized spacial score (nSPS) is 16.1. The van der Waals surface area contributed by atoms with Crippen molar-refractivity contribution in [2.75, 3.05) is 26.2 Å². The lowest BCUT2D eigenvalue weighted by atomic mass is 10.3. The molecule has 1 saturated heterocycles. The zero-order valence-electron chi connectivity index (χ0n) is 15.5. The first-order valence-electron chi connectivity index (χ1n) is 8.53. The van der Waals surface area contributed by atoms with Crippen molar-refractivity contribution in [2.45, 2.75) is 23.9 Å². The molecule has 164 valence electrons. The maximum absolute atomic E-state index is 13.0. The minimum absolute atomic E-state index is 0.0258. The van der Waals surface area contributed by atoms with Crippen LogP contribution in [0.25, 0.3) is 0 Å². The molecule has 2 aromatic rings. The number of carbonyl (C=O) groups is 1. The molecule has 0 unspecified atom stereocenters. The molecule has 0 aliphatic carbocycles. The van der Waals surface area contributed by atoms with E-state index in [1.807, 2.05) is 0 Å². The van der Waals surface area contributed by atoms with E-state index >= 15 is 0 Å². The van der Waals surface area contributed by atoms with Crippen LogP contribution in [0.4, 0.5) is 18.9 Å². The summed E-state index contributed by atoms with van der Waals surface area (Å²) in [5, 5.41) is 15.9. The third-order valence-electron chi connectivity index (χ3n) is 4.59. The van der Waals surface area contributed by atoms with Gasteiger partial charge in [-0.05, 0) is 18.4 Å². The Balaban J connectivity index is 1.71. The van der Waals surface area contributed by atoms with Crippen LogP contribution in [0.3, 0.4) is 0 Å². The molecule has 0 bridgehead atoms. The Morgan fingerprint density at radius 3 is 2.40 bits per heavy atom. The van der Waals surface area contributed by atoms with E-state index in [-0.39, 0.29) is 36.1 Å². The Hall–Kier alpha value is -2.52. The van der Waals surface area contributed by atoms with Gasteiger partial charge < -0.3 is 4.90 Å². The van der Waals surface area contributed by atoms with Crippen molar-refractivity contribution in [3.8, 4) is 0 Å². The number of amides is 1. The second-order valence-electron chi connectivity index (χ2n) is 6.41. The lowest BCUT2D eigenvalue weighted by Crippen LogP contribution is -2.51. The van der Waals surface area contributed by atoms with Gasteiger partial charge in [0.2, 0.25) is 11.6 Å². The van der Waals surface area contributed by atoms with Crippen LogP contribution in [-0.2, 0) is 27.5 Å². The lowest BCUT2D eigenvalue weighted by molar-refractivity contribution is -0.388. The maximum Gasteiger partial charge on any atom is 0.442 e. The molecule has 30 heavy (non-hydrogen) atoms. The van der Waals surface area contributed by atoms with Gasteiger partial charge in [0.1, 0.15) is 16.4 Å². The van der Waals surface area contributed by atoms with Crippen molar-refractivity contribution in [1.82, 2.24) is 19.0 Å². The van der Waals surface area contributed by atoms with E-state index in [1.165, 1.54) is 15.3 Å². The fourth-order valence-electron chi connectivity index (χ4n) is 3.04. The molecule has 1 aliphatic rings. The number of aromatic nitrogens is 2. The number of alkyl halides is 3. The Labute approximate surface area is 172 Å². The number of halogens is 3. The molecule has 0 saturated carbocycles. The van der Waals surface area contributed by atoms with Gasteiger partial charge in [-0.1, -0.05) is 6.07 Å². The molecule has 1 amide bonds. The summed E-state index contributed by atoms with van der Waals surface area (Å²) in [6, 6.07) is 3.08. The monoisotopic (exact) mass is 467 g/mol. The number of piperazine rings is 1. The number of rotatable bonds is 5. The largest absolute Gasteiger partial charge is 0.442 e. The molecule has 3 heterocycles. The third kappa shape index (κ3) is 4.17. The van der Waals surface area contributed by atoms with Gasteiger partial charge in [-0.15, -0.1) is 11.3 Å². The van der Waals surface area contributed by atoms with Crippen molar-refractivity contribution in [1.29, 1.82) is 0 Å².